The van der Waals surface area contributed by atoms with Gasteiger partial charge in [-0.25, -0.2) is 12.7 Å². The third-order valence-corrected chi connectivity index (χ3v) is 4.60. The van der Waals surface area contributed by atoms with Crippen LogP contribution in [0.5, 0.6) is 0 Å². The maximum Gasteiger partial charge on any atom is 0.214 e. The van der Waals surface area contributed by atoms with Gasteiger partial charge in [-0.2, -0.15) is 0 Å². The second-order valence-electron chi connectivity index (χ2n) is 4.50. The quantitative estimate of drug-likeness (QED) is 0.780. The van der Waals surface area contributed by atoms with Crippen molar-refractivity contribution < 1.29 is 8.42 Å². The number of sulfonamides is 1. The first kappa shape index (κ1) is 12.9. The summed E-state index contributed by atoms with van der Waals surface area (Å²) in [7, 11) is -2.99. The van der Waals surface area contributed by atoms with Crippen molar-refractivity contribution in [3.63, 3.8) is 0 Å². The number of rotatable bonds is 3. The summed E-state index contributed by atoms with van der Waals surface area (Å²) in [5, 5.41) is 3.24. The lowest BCUT2D eigenvalue weighted by Crippen LogP contribution is -2.42. The molecule has 15 heavy (non-hydrogen) atoms. The molecule has 0 aromatic rings. The first-order valence-corrected chi connectivity index (χ1v) is 7.32. The highest BCUT2D eigenvalue weighted by atomic mass is 32.2. The van der Waals surface area contributed by atoms with E-state index in [1.165, 1.54) is 0 Å². The van der Waals surface area contributed by atoms with Crippen molar-refractivity contribution in [1.29, 1.82) is 0 Å². The van der Waals surface area contributed by atoms with Crippen LogP contribution < -0.4 is 5.32 Å². The number of nitrogens with zero attached hydrogens (tertiary/aromatic N) is 1. The van der Waals surface area contributed by atoms with Crippen molar-refractivity contribution in [3.8, 4) is 0 Å². The van der Waals surface area contributed by atoms with Crippen molar-refractivity contribution in [2.45, 2.75) is 26.7 Å². The van der Waals surface area contributed by atoms with Gasteiger partial charge in [-0.05, 0) is 25.3 Å². The third-order valence-electron chi connectivity index (χ3n) is 2.64. The van der Waals surface area contributed by atoms with E-state index in [0.717, 1.165) is 25.9 Å². The Balaban J connectivity index is 2.55. The molecule has 0 bridgehead atoms. The number of hydrogen-bond donors (Lipinski definition) is 1. The van der Waals surface area contributed by atoms with Gasteiger partial charge in [-0.1, -0.05) is 13.8 Å². The van der Waals surface area contributed by atoms with Crippen molar-refractivity contribution in [2.24, 2.45) is 5.92 Å². The molecule has 0 saturated carbocycles. The van der Waals surface area contributed by atoms with Crippen molar-refractivity contribution in [2.75, 3.05) is 31.9 Å². The molecule has 0 aromatic heterocycles. The molecule has 0 amide bonds. The van der Waals surface area contributed by atoms with Crippen LogP contribution in [0.2, 0.25) is 0 Å². The lowest BCUT2D eigenvalue weighted by atomic mass is 10.1. The van der Waals surface area contributed by atoms with Gasteiger partial charge in [0.1, 0.15) is 0 Å². The topological polar surface area (TPSA) is 49.4 Å². The van der Waals surface area contributed by atoms with Crippen LogP contribution in [0.4, 0.5) is 0 Å². The predicted octanol–water partition coefficient (Wildman–Crippen LogP) is 0.658. The average molecular weight is 234 g/mol. The van der Waals surface area contributed by atoms with Gasteiger partial charge in [0.25, 0.3) is 0 Å². The molecule has 5 heteroatoms. The van der Waals surface area contributed by atoms with Crippen LogP contribution in [-0.2, 0) is 10.0 Å². The largest absolute Gasteiger partial charge is 0.315 e. The SMILES string of the molecule is CC(C)CCN1CCNCCCS1(=O)=O. The minimum atomic E-state index is -2.99. The summed E-state index contributed by atoms with van der Waals surface area (Å²) in [5.74, 6) is 0.844. The maximum absolute atomic E-state index is 11.9. The smallest absolute Gasteiger partial charge is 0.214 e. The normalized spacial score (nSPS) is 23.7. The molecule has 0 aromatic carbocycles. The molecule has 90 valence electrons. The van der Waals surface area contributed by atoms with Crippen molar-refractivity contribution >= 4 is 10.0 Å². The molecule has 0 atom stereocenters. The summed E-state index contributed by atoms with van der Waals surface area (Å²) >= 11 is 0. The fourth-order valence-electron chi connectivity index (χ4n) is 1.63. The zero-order chi connectivity index (χ0) is 11.3. The van der Waals surface area contributed by atoms with Gasteiger partial charge in [0, 0.05) is 19.6 Å². The van der Waals surface area contributed by atoms with Crippen LogP contribution in [0.1, 0.15) is 26.7 Å². The third kappa shape index (κ3) is 4.49. The van der Waals surface area contributed by atoms with E-state index in [0.29, 0.717) is 19.0 Å². The van der Waals surface area contributed by atoms with E-state index in [1.54, 1.807) is 4.31 Å². The standard InChI is InChI=1S/C10H22N2O2S/c1-10(2)4-7-12-8-6-11-5-3-9-15(12,13)14/h10-11H,3-9H2,1-2H3. The monoisotopic (exact) mass is 234 g/mol. The molecule has 1 saturated heterocycles. The number of nitrogens with one attached hydrogen (secondary N) is 1. The lowest BCUT2D eigenvalue weighted by Gasteiger charge is -2.25. The van der Waals surface area contributed by atoms with Gasteiger partial charge in [0.15, 0.2) is 0 Å². The predicted molar refractivity (Wildman–Crippen MR) is 62.3 cm³/mol. The Labute approximate surface area is 93.1 Å². The molecule has 1 aliphatic rings. The fourth-order valence-corrected chi connectivity index (χ4v) is 3.15. The average Bonchev–Trinajstić information content (AvgIpc) is 2.11. The Morgan fingerprint density at radius 1 is 1.33 bits per heavy atom. The Morgan fingerprint density at radius 3 is 2.73 bits per heavy atom. The van der Waals surface area contributed by atoms with Gasteiger partial charge in [-0.15, -0.1) is 0 Å². The van der Waals surface area contributed by atoms with E-state index in [1.807, 2.05) is 0 Å². The van der Waals surface area contributed by atoms with E-state index >= 15 is 0 Å². The van der Waals surface area contributed by atoms with Crippen molar-refractivity contribution in [1.82, 2.24) is 9.62 Å². The molecule has 1 rings (SSSR count). The Morgan fingerprint density at radius 2 is 2.07 bits per heavy atom. The minimum absolute atomic E-state index is 0.290. The van der Waals surface area contributed by atoms with Crippen LogP contribution in [0.3, 0.4) is 0 Å². The van der Waals surface area contributed by atoms with E-state index in [4.69, 9.17) is 0 Å². The Bertz CT molecular complexity index is 275. The maximum atomic E-state index is 11.9. The summed E-state index contributed by atoms with van der Waals surface area (Å²) < 4.78 is 25.4. The van der Waals surface area contributed by atoms with Gasteiger partial charge < -0.3 is 5.32 Å². The van der Waals surface area contributed by atoms with Crippen LogP contribution in [0, 0.1) is 5.92 Å². The van der Waals surface area contributed by atoms with Gasteiger partial charge in [0.05, 0.1) is 5.75 Å². The zero-order valence-electron chi connectivity index (χ0n) is 9.70. The Hall–Kier alpha value is -0.130. The van der Waals surface area contributed by atoms with E-state index in [9.17, 15) is 8.42 Å². The summed E-state index contributed by atoms with van der Waals surface area (Å²) in [5.41, 5.74) is 0. The molecule has 1 N–H and O–H groups in total. The summed E-state index contributed by atoms with van der Waals surface area (Å²) in [6.45, 7) is 7.12. The van der Waals surface area contributed by atoms with Gasteiger partial charge in [-0.3, -0.25) is 0 Å². The summed E-state index contributed by atoms with van der Waals surface area (Å²) in [6.07, 6.45) is 1.67. The molecule has 0 unspecified atom stereocenters. The number of hydrogen-bond acceptors (Lipinski definition) is 3. The molecule has 1 fully saturated rings. The highest BCUT2D eigenvalue weighted by Gasteiger charge is 2.22. The second-order valence-corrected chi connectivity index (χ2v) is 6.59. The van der Waals surface area contributed by atoms with E-state index in [2.05, 4.69) is 19.2 Å². The van der Waals surface area contributed by atoms with E-state index in [-0.39, 0.29) is 5.75 Å². The van der Waals surface area contributed by atoms with Gasteiger partial charge >= 0.3 is 0 Å². The summed E-state index contributed by atoms with van der Waals surface area (Å²) in [6, 6.07) is 0. The first-order valence-electron chi connectivity index (χ1n) is 5.71. The molecule has 1 heterocycles. The summed E-state index contributed by atoms with van der Waals surface area (Å²) in [4.78, 5) is 0. The Kier molecular flexibility index (Phi) is 5.02. The molecule has 0 aliphatic carbocycles. The van der Waals surface area contributed by atoms with Crippen LogP contribution in [0.15, 0.2) is 0 Å². The molecule has 0 spiro atoms. The van der Waals surface area contributed by atoms with Crippen LogP contribution >= 0.6 is 0 Å². The zero-order valence-corrected chi connectivity index (χ0v) is 10.5. The van der Waals surface area contributed by atoms with Gasteiger partial charge in [0.2, 0.25) is 10.0 Å². The highest BCUT2D eigenvalue weighted by molar-refractivity contribution is 7.89. The molecular formula is C10H22N2O2S. The van der Waals surface area contributed by atoms with Crippen molar-refractivity contribution in [3.05, 3.63) is 0 Å². The molecular weight excluding hydrogens is 212 g/mol. The second kappa shape index (κ2) is 5.82. The van der Waals surface area contributed by atoms with Crippen LogP contribution in [-0.4, -0.2) is 44.7 Å². The fraction of sp³-hybridized carbons (Fsp3) is 1.00. The highest BCUT2D eigenvalue weighted by Crippen LogP contribution is 2.09. The first-order chi connectivity index (χ1) is 7.02. The van der Waals surface area contributed by atoms with E-state index < -0.39 is 10.0 Å². The van der Waals surface area contributed by atoms with Crippen LogP contribution in [0.25, 0.3) is 0 Å². The lowest BCUT2D eigenvalue weighted by molar-refractivity contribution is 0.369. The molecule has 4 nitrogen and oxygen atoms in total. The minimum Gasteiger partial charge on any atom is -0.315 e. The molecule has 0 radical (unpaired) electrons. The molecule has 1 aliphatic heterocycles.